The molecule has 0 heterocycles. The van der Waals surface area contributed by atoms with Crippen molar-refractivity contribution in [2.45, 2.75) is 80.3 Å². The van der Waals surface area contributed by atoms with Crippen molar-refractivity contribution in [1.29, 1.82) is 0 Å². The fourth-order valence-corrected chi connectivity index (χ4v) is 22.0. The van der Waals surface area contributed by atoms with Gasteiger partial charge in [-0.2, -0.15) is 0 Å². The molecule has 0 atom stereocenters. The van der Waals surface area contributed by atoms with Crippen LogP contribution in [0.2, 0.25) is 13.1 Å². The minimum absolute atomic E-state index is 0. The summed E-state index contributed by atoms with van der Waals surface area (Å²) < 4.78 is 3.88. The largest absolute Gasteiger partial charge is 1.00 e. The second-order valence-electron chi connectivity index (χ2n) is 10.1. The van der Waals surface area contributed by atoms with E-state index in [1.54, 1.807) is 11.1 Å². The van der Waals surface area contributed by atoms with Crippen molar-refractivity contribution in [2.75, 3.05) is 0 Å². The first kappa shape index (κ1) is 26.6. The Morgan fingerprint density at radius 3 is 1.38 bits per heavy atom. The SMILES string of the molecule is C[Si](C)=[Zr+2]([C]1=C(CC(C)(C)C)C=CC1)[C]1=C(CC(C)(C)C)C=CC1.[Cl-].[Cl-]. The molecule has 0 aliphatic heterocycles. The Bertz CT molecular complexity index is 609. The van der Waals surface area contributed by atoms with E-state index < -0.39 is 20.4 Å². The molecule has 0 unspecified atom stereocenters. The molecule has 2 aliphatic rings. The van der Waals surface area contributed by atoms with Gasteiger partial charge in [0.1, 0.15) is 0 Å². The molecular weight excluding hydrogens is 454 g/mol. The summed E-state index contributed by atoms with van der Waals surface area (Å²) >= 11 is -1.67. The molecule has 0 fully saturated rings. The summed E-state index contributed by atoms with van der Waals surface area (Å²) in [6.45, 7) is 19.5. The minimum Gasteiger partial charge on any atom is -1.00 e. The van der Waals surface area contributed by atoms with E-state index in [2.05, 4.69) is 78.9 Å². The molecule has 4 heteroatoms. The van der Waals surface area contributed by atoms with Gasteiger partial charge in [-0.25, -0.2) is 0 Å². The number of hydrogen-bond donors (Lipinski definition) is 0. The predicted molar refractivity (Wildman–Crippen MR) is 107 cm³/mol. The summed E-state index contributed by atoms with van der Waals surface area (Å²) in [5.41, 5.74) is 4.02. The number of allylic oxidation sites excluding steroid dienone is 8. The molecule has 0 spiro atoms. The molecule has 2 rings (SSSR count). The zero-order chi connectivity index (χ0) is 18.1. The van der Waals surface area contributed by atoms with Gasteiger partial charge in [0.2, 0.25) is 0 Å². The molecule has 0 saturated carbocycles. The maximum absolute atomic E-state index is 2.60. The van der Waals surface area contributed by atoms with Crippen molar-refractivity contribution in [3.63, 3.8) is 0 Å². The molecule has 0 aromatic heterocycles. The van der Waals surface area contributed by atoms with E-state index in [4.69, 9.17) is 0 Å². The van der Waals surface area contributed by atoms with Gasteiger partial charge in [-0.3, -0.25) is 0 Å². The zero-order valence-corrected chi connectivity index (χ0v) is 22.9. The van der Waals surface area contributed by atoms with E-state index >= 15 is 0 Å². The maximum atomic E-state index is 2.60. The van der Waals surface area contributed by atoms with Crippen LogP contribution in [0.4, 0.5) is 0 Å². The van der Waals surface area contributed by atoms with Crippen molar-refractivity contribution >= 4 is 5.43 Å². The molecule has 0 aromatic rings. The summed E-state index contributed by atoms with van der Waals surface area (Å²) in [7, 11) is 0. The normalized spacial score (nSPS) is 16.4. The van der Waals surface area contributed by atoms with E-state index in [-0.39, 0.29) is 30.2 Å². The van der Waals surface area contributed by atoms with E-state index in [1.165, 1.54) is 25.7 Å². The Labute approximate surface area is 182 Å². The van der Waals surface area contributed by atoms with Crippen LogP contribution in [0, 0.1) is 10.8 Å². The van der Waals surface area contributed by atoms with Crippen molar-refractivity contribution in [1.82, 2.24) is 0 Å². The van der Waals surface area contributed by atoms with Gasteiger partial charge in [0.05, 0.1) is 0 Å². The summed E-state index contributed by atoms with van der Waals surface area (Å²) in [6.07, 6.45) is 14.9. The van der Waals surface area contributed by atoms with Crippen molar-refractivity contribution in [2.24, 2.45) is 10.8 Å². The number of rotatable bonds is 4. The number of halogens is 2. The van der Waals surface area contributed by atoms with E-state index in [1.807, 2.05) is 6.56 Å². The first-order valence-corrected chi connectivity index (χ1v) is 18.1. The van der Waals surface area contributed by atoms with Gasteiger partial charge in [-0.1, -0.05) is 0 Å². The van der Waals surface area contributed by atoms with Gasteiger partial charge >= 0.3 is 159 Å². The van der Waals surface area contributed by atoms with Crippen molar-refractivity contribution in [3.8, 4) is 0 Å². The van der Waals surface area contributed by atoms with Crippen molar-refractivity contribution in [3.05, 3.63) is 42.0 Å². The fraction of sp³-hybridized carbons (Fsp3) is 0.636. The van der Waals surface area contributed by atoms with Crippen molar-refractivity contribution < 1.29 is 45.2 Å². The van der Waals surface area contributed by atoms with Crippen LogP contribution in [0.5, 0.6) is 0 Å². The second-order valence-corrected chi connectivity index (χ2v) is 27.2. The Morgan fingerprint density at radius 1 is 0.769 bits per heavy atom. The maximum Gasteiger partial charge on any atom is -1.00 e. The van der Waals surface area contributed by atoms with Crippen LogP contribution in [0.25, 0.3) is 0 Å². The molecule has 0 nitrogen and oxygen atoms in total. The van der Waals surface area contributed by atoms with Crippen LogP contribution in [0.15, 0.2) is 42.0 Å². The van der Waals surface area contributed by atoms with Gasteiger partial charge in [-0.15, -0.1) is 0 Å². The molecular formula is C22H36Cl2SiZr. The molecule has 0 N–H and O–H groups in total. The Morgan fingerprint density at radius 2 is 1.12 bits per heavy atom. The summed E-state index contributed by atoms with van der Waals surface area (Å²) in [5.74, 6) is 0. The smallest absolute Gasteiger partial charge is 1.00 e. The molecule has 26 heavy (non-hydrogen) atoms. The first-order chi connectivity index (χ1) is 11.0. The molecule has 0 bridgehead atoms. The molecule has 0 saturated heterocycles. The monoisotopic (exact) mass is 488 g/mol. The third-order valence-corrected chi connectivity index (χ3v) is 22.1. The average molecular weight is 491 g/mol. The van der Waals surface area contributed by atoms with Crippen LogP contribution in [-0.2, 0) is 20.4 Å². The zero-order valence-electron chi connectivity index (χ0n) is 17.9. The molecule has 2 aliphatic carbocycles. The molecule has 0 amide bonds. The van der Waals surface area contributed by atoms with Crippen LogP contribution in [0.1, 0.15) is 67.2 Å². The number of hydrogen-bond acceptors (Lipinski definition) is 0. The van der Waals surface area contributed by atoms with Crippen LogP contribution in [0.3, 0.4) is 0 Å². The summed E-state index contributed by atoms with van der Waals surface area (Å²) in [5, 5.41) is 0. The molecule has 0 aromatic carbocycles. The van der Waals surface area contributed by atoms with Gasteiger partial charge in [0.15, 0.2) is 0 Å². The second kappa shape index (κ2) is 10.4. The average Bonchev–Trinajstić information content (AvgIpc) is 2.97. The summed E-state index contributed by atoms with van der Waals surface area (Å²) in [6, 6.07) is 0. The minimum atomic E-state index is -1.67. The third kappa shape index (κ3) is 7.57. The van der Waals surface area contributed by atoms with Crippen LogP contribution >= 0.6 is 0 Å². The first-order valence-electron chi connectivity index (χ1n) is 9.43. The van der Waals surface area contributed by atoms with Gasteiger partial charge in [0, 0.05) is 0 Å². The predicted octanol–water partition coefficient (Wildman–Crippen LogP) is 1.16. The summed E-state index contributed by atoms with van der Waals surface area (Å²) in [4.78, 5) is 0. The van der Waals surface area contributed by atoms with Crippen LogP contribution in [-0.4, -0.2) is 5.43 Å². The Hall–Kier alpha value is 0.640. The van der Waals surface area contributed by atoms with Gasteiger partial charge < -0.3 is 24.8 Å². The Kier molecular flexibility index (Phi) is 10.7. The molecule has 146 valence electrons. The van der Waals surface area contributed by atoms with E-state index in [0.717, 1.165) is 0 Å². The van der Waals surface area contributed by atoms with Gasteiger partial charge in [0.25, 0.3) is 0 Å². The fourth-order valence-electron chi connectivity index (χ4n) is 3.89. The topological polar surface area (TPSA) is 0 Å². The van der Waals surface area contributed by atoms with Crippen LogP contribution < -0.4 is 24.8 Å². The van der Waals surface area contributed by atoms with Gasteiger partial charge in [-0.05, 0) is 0 Å². The van der Waals surface area contributed by atoms with E-state index in [9.17, 15) is 0 Å². The Balaban J connectivity index is 0.00000312. The van der Waals surface area contributed by atoms with E-state index in [0.29, 0.717) is 10.8 Å². The quantitative estimate of drug-likeness (QED) is 0.519. The molecule has 0 radical (unpaired) electrons. The standard InChI is InChI=1S/2C10H15.C2H6Si.2ClH.Zr/c2*1-10(2,3)8-9-6-4-5-7-9;1-3-2;;;/h2*4,6H,5,8H2,1-3H3;1-2H3;2*1H;/q;;;;;+2/p-2. The third-order valence-electron chi connectivity index (χ3n) is 4.60.